The van der Waals surface area contributed by atoms with E-state index in [2.05, 4.69) is 35.6 Å². The average molecular weight is 240 g/mol. The van der Waals surface area contributed by atoms with Crippen molar-refractivity contribution in [2.24, 2.45) is 0 Å². The molecular formula is C12H18ClN3. The first-order chi connectivity index (χ1) is 7.47. The van der Waals surface area contributed by atoms with Gasteiger partial charge in [-0.05, 0) is 18.9 Å². The molecule has 2 heterocycles. The smallest absolute Gasteiger partial charge is 0.227 e. The first kappa shape index (κ1) is 11.6. The Bertz CT molecular complexity index is 378. The molecule has 0 N–H and O–H groups in total. The van der Waals surface area contributed by atoms with Crippen molar-refractivity contribution in [1.29, 1.82) is 0 Å². The summed E-state index contributed by atoms with van der Waals surface area (Å²) in [4.78, 5) is 11.1. The molecule has 3 nitrogen and oxygen atoms in total. The fraction of sp³-hybridized carbons (Fsp3) is 0.667. The minimum atomic E-state index is 0.0149. The minimum absolute atomic E-state index is 0.0149. The molecule has 0 spiro atoms. The lowest BCUT2D eigenvalue weighted by Crippen LogP contribution is -2.23. The molecule has 0 bridgehead atoms. The Kier molecular flexibility index (Phi) is 3.06. The van der Waals surface area contributed by atoms with E-state index in [0.717, 1.165) is 24.7 Å². The Morgan fingerprint density at radius 3 is 2.38 bits per heavy atom. The van der Waals surface area contributed by atoms with Gasteiger partial charge in [-0.25, -0.2) is 9.97 Å². The second-order valence-electron chi connectivity index (χ2n) is 5.32. The summed E-state index contributed by atoms with van der Waals surface area (Å²) >= 11 is 6.06. The fourth-order valence-electron chi connectivity index (χ4n) is 1.85. The lowest BCUT2D eigenvalue weighted by atomic mass is 9.92. The van der Waals surface area contributed by atoms with Crippen LogP contribution in [0.3, 0.4) is 0 Å². The van der Waals surface area contributed by atoms with E-state index in [4.69, 9.17) is 11.6 Å². The van der Waals surface area contributed by atoms with Crippen LogP contribution in [0.5, 0.6) is 0 Å². The van der Waals surface area contributed by atoms with Crippen LogP contribution in [0.2, 0.25) is 5.15 Å². The molecule has 0 aliphatic carbocycles. The third-order valence-electron chi connectivity index (χ3n) is 2.84. The zero-order valence-corrected chi connectivity index (χ0v) is 10.9. The predicted molar refractivity (Wildman–Crippen MR) is 67.2 cm³/mol. The molecule has 1 aliphatic heterocycles. The maximum atomic E-state index is 6.06. The van der Waals surface area contributed by atoms with Crippen LogP contribution in [0.15, 0.2) is 6.07 Å². The summed E-state index contributed by atoms with van der Waals surface area (Å²) < 4.78 is 0. The molecule has 0 amide bonds. The van der Waals surface area contributed by atoms with Gasteiger partial charge in [0.15, 0.2) is 0 Å². The minimum Gasteiger partial charge on any atom is -0.341 e. The molecule has 1 aliphatic rings. The molecule has 88 valence electrons. The van der Waals surface area contributed by atoms with Gasteiger partial charge < -0.3 is 4.90 Å². The van der Waals surface area contributed by atoms with E-state index in [0.29, 0.717) is 5.15 Å². The molecule has 0 aromatic carbocycles. The zero-order chi connectivity index (χ0) is 11.8. The van der Waals surface area contributed by atoms with Gasteiger partial charge in [0, 0.05) is 18.5 Å². The van der Waals surface area contributed by atoms with Crippen LogP contribution in [0.1, 0.15) is 39.3 Å². The monoisotopic (exact) mass is 239 g/mol. The van der Waals surface area contributed by atoms with Crippen molar-refractivity contribution in [3.63, 3.8) is 0 Å². The van der Waals surface area contributed by atoms with Gasteiger partial charge in [-0.15, -0.1) is 0 Å². The van der Waals surface area contributed by atoms with E-state index in [1.165, 1.54) is 12.8 Å². The lowest BCUT2D eigenvalue weighted by Gasteiger charge is -2.21. The summed E-state index contributed by atoms with van der Waals surface area (Å²) in [5.74, 6) is 0.787. The summed E-state index contributed by atoms with van der Waals surface area (Å²) in [7, 11) is 0. The Balaban J connectivity index is 2.35. The quantitative estimate of drug-likeness (QED) is 0.706. The molecule has 1 saturated heterocycles. The molecule has 0 radical (unpaired) electrons. The standard InChI is InChI=1S/C12H18ClN3/c1-12(2,3)9-8-10(13)15-11(14-9)16-6-4-5-7-16/h8H,4-7H2,1-3H3. The van der Waals surface area contributed by atoms with Crippen LogP contribution < -0.4 is 4.90 Å². The second-order valence-corrected chi connectivity index (χ2v) is 5.71. The molecule has 0 unspecified atom stereocenters. The molecule has 2 rings (SSSR count). The number of halogens is 1. The second kappa shape index (κ2) is 4.21. The molecule has 1 aromatic rings. The van der Waals surface area contributed by atoms with Gasteiger partial charge in [0.05, 0.1) is 5.69 Å². The third-order valence-corrected chi connectivity index (χ3v) is 3.03. The largest absolute Gasteiger partial charge is 0.341 e. The first-order valence-corrected chi connectivity index (χ1v) is 6.14. The highest BCUT2D eigenvalue weighted by molar-refractivity contribution is 6.29. The van der Waals surface area contributed by atoms with Gasteiger partial charge in [-0.2, -0.15) is 0 Å². The highest BCUT2D eigenvalue weighted by Crippen LogP contribution is 2.25. The van der Waals surface area contributed by atoms with Crippen LogP contribution in [-0.2, 0) is 5.41 Å². The van der Waals surface area contributed by atoms with Crippen molar-refractivity contribution in [2.45, 2.75) is 39.0 Å². The molecule has 4 heteroatoms. The van der Waals surface area contributed by atoms with E-state index in [1.54, 1.807) is 0 Å². The molecule has 1 aromatic heterocycles. The predicted octanol–water partition coefficient (Wildman–Crippen LogP) is 3.03. The van der Waals surface area contributed by atoms with Crippen molar-refractivity contribution in [3.8, 4) is 0 Å². The summed E-state index contributed by atoms with van der Waals surface area (Å²) in [5, 5.41) is 0.543. The normalized spacial score (nSPS) is 16.9. The van der Waals surface area contributed by atoms with Crippen LogP contribution in [0, 0.1) is 0 Å². The number of hydrogen-bond donors (Lipinski definition) is 0. The Morgan fingerprint density at radius 1 is 1.19 bits per heavy atom. The molecular weight excluding hydrogens is 222 g/mol. The van der Waals surface area contributed by atoms with Crippen LogP contribution in [0.25, 0.3) is 0 Å². The van der Waals surface area contributed by atoms with Gasteiger partial charge in [0.2, 0.25) is 5.95 Å². The first-order valence-electron chi connectivity index (χ1n) is 5.77. The Labute approximate surface area is 102 Å². The van der Waals surface area contributed by atoms with Gasteiger partial charge in [-0.1, -0.05) is 32.4 Å². The van der Waals surface area contributed by atoms with Crippen LogP contribution in [0.4, 0.5) is 5.95 Å². The Hall–Kier alpha value is -0.830. The van der Waals surface area contributed by atoms with Crippen molar-refractivity contribution in [2.75, 3.05) is 18.0 Å². The molecule has 0 atom stereocenters. The van der Waals surface area contributed by atoms with Crippen molar-refractivity contribution < 1.29 is 0 Å². The van der Waals surface area contributed by atoms with Crippen LogP contribution in [-0.4, -0.2) is 23.1 Å². The van der Waals surface area contributed by atoms with E-state index >= 15 is 0 Å². The summed E-state index contributed by atoms with van der Waals surface area (Å²) in [6, 6.07) is 1.86. The number of nitrogens with zero attached hydrogens (tertiary/aromatic N) is 3. The maximum Gasteiger partial charge on any atom is 0.227 e. The maximum absolute atomic E-state index is 6.06. The fourth-order valence-corrected chi connectivity index (χ4v) is 2.03. The number of anilines is 1. The number of hydrogen-bond acceptors (Lipinski definition) is 3. The zero-order valence-electron chi connectivity index (χ0n) is 10.1. The van der Waals surface area contributed by atoms with E-state index in [1.807, 2.05) is 6.07 Å². The van der Waals surface area contributed by atoms with Crippen molar-refractivity contribution in [1.82, 2.24) is 9.97 Å². The molecule has 1 fully saturated rings. The average Bonchev–Trinajstić information content (AvgIpc) is 2.68. The van der Waals surface area contributed by atoms with Crippen molar-refractivity contribution in [3.05, 3.63) is 16.9 Å². The van der Waals surface area contributed by atoms with Crippen molar-refractivity contribution >= 4 is 17.5 Å². The topological polar surface area (TPSA) is 29.0 Å². The third kappa shape index (κ3) is 2.46. The Morgan fingerprint density at radius 2 is 1.81 bits per heavy atom. The van der Waals surface area contributed by atoms with Gasteiger partial charge >= 0.3 is 0 Å². The van der Waals surface area contributed by atoms with E-state index in [-0.39, 0.29) is 5.41 Å². The van der Waals surface area contributed by atoms with Gasteiger partial charge in [0.25, 0.3) is 0 Å². The van der Waals surface area contributed by atoms with Crippen LogP contribution >= 0.6 is 11.6 Å². The van der Waals surface area contributed by atoms with E-state index < -0.39 is 0 Å². The lowest BCUT2D eigenvalue weighted by molar-refractivity contribution is 0.566. The van der Waals surface area contributed by atoms with Gasteiger partial charge in [-0.3, -0.25) is 0 Å². The van der Waals surface area contributed by atoms with E-state index in [9.17, 15) is 0 Å². The number of aromatic nitrogens is 2. The summed E-state index contributed by atoms with van der Waals surface area (Å²) in [5.41, 5.74) is 1.02. The molecule has 16 heavy (non-hydrogen) atoms. The molecule has 0 saturated carbocycles. The highest BCUT2D eigenvalue weighted by atomic mass is 35.5. The van der Waals surface area contributed by atoms with Gasteiger partial charge in [0.1, 0.15) is 5.15 Å². The highest BCUT2D eigenvalue weighted by Gasteiger charge is 2.21. The number of rotatable bonds is 1. The SMILES string of the molecule is CC(C)(C)c1cc(Cl)nc(N2CCCC2)n1. The summed E-state index contributed by atoms with van der Waals surface area (Å²) in [6.07, 6.45) is 2.45. The summed E-state index contributed by atoms with van der Waals surface area (Å²) in [6.45, 7) is 8.51.